The summed E-state index contributed by atoms with van der Waals surface area (Å²) in [4.78, 5) is 0. The van der Waals surface area contributed by atoms with Gasteiger partial charge in [0.25, 0.3) is 0 Å². The molecule has 48 valence electrons. The summed E-state index contributed by atoms with van der Waals surface area (Å²) in [5, 5.41) is 0. The predicted octanol–water partition coefficient (Wildman–Crippen LogP) is -2.25. The van der Waals surface area contributed by atoms with Gasteiger partial charge in [-0.15, -0.1) is 0 Å². The fourth-order valence-corrected chi connectivity index (χ4v) is 6.36. The van der Waals surface area contributed by atoms with Crippen LogP contribution in [0.15, 0.2) is 0 Å². The summed E-state index contributed by atoms with van der Waals surface area (Å²) in [5.74, 6) is 0. The van der Waals surface area contributed by atoms with Crippen LogP contribution in [0.1, 0.15) is 0 Å². The molecule has 0 aromatic heterocycles. The summed E-state index contributed by atoms with van der Waals surface area (Å²) >= 11 is 2.74. The number of rotatable bonds is 3. The van der Waals surface area contributed by atoms with Crippen LogP contribution in [0.4, 0.5) is 0 Å². The molecule has 0 aliphatic carbocycles. The normalized spacial score (nSPS) is 8.60. The summed E-state index contributed by atoms with van der Waals surface area (Å²) in [6.45, 7) is 0. The predicted molar refractivity (Wildman–Crippen MR) is 45.0 cm³/mol. The Morgan fingerprint density at radius 3 is 2.00 bits per heavy atom. The standard InChI is InChI=1S/CH4O3S.CH.4In/c1-5(2,3)4;;;;;/h1H3,(H,2,3,4);1H;;;;/q;;;;;+1/p-1. The fraction of sp³-hybridized carbons (Fsp3) is 0.500. The van der Waals surface area contributed by atoms with Crippen LogP contribution in [-0.4, -0.2) is 102 Å². The second kappa shape index (κ2) is 10.3. The van der Waals surface area contributed by atoms with Crippen molar-refractivity contribution in [1.82, 2.24) is 0 Å². The van der Waals surface area contributed by atoms with Crippen molar-refractivity contribution in [3.8, 4) is 0 Å². The topological polar surface area (TPSA) is 43.4 Å². The van der Waals surface area contributed by atoms with E-state index in [9.17, 15) is 8.42 Å². The van der Waals surface area contributed by atoms with Crippen molar-refractivity contribution < 1.29 is 10.7 Å². The molecule has 0 atom stereocenters. The molecule has 0 fully saturated rings. The van der Waals surface area contributed by atoms with E-state index in [2.05, 4.69) is 2.30 Å². The molecule has 0 aliphatic rings. The first-order valence-corrected chi connectivity index (χ1v) is 23.8. The van der Waals surface area contributed by atoms with E-state index < -0.39 is 33.5 Å². The van der Waals surface area contributed by atoms with E-state index >= 15 is 0 Å². The Morgan fingerprint density at radius 2 is 1.90 bits per heavy atom. The third kappa shape index (κ3) is 17.4. The van der Waals surface area contributed by atoms with Gasteiger partial charge in [0.2, 0.25) is 0 Å². The number of hydrogen-bond donors (Lipinski definition) is 0. The van der Waals surface area contributed by atoms with Gasteiger partial charge in [-0.05, 0) is 0 Å². The maximum atomic E-state index is 10.2. The van der Waals surface area contributed by atoms with Gasteiger partial charge in [-0.2, -0.15) is 0 Å². The Hall–Kier alpha value is 3.26. The molecule has 0 rings (SSSR count). The second-order valence-electron chi connectivity index (χ2n) is 1.13. The molecule has 0 saturated heterocycles. The van der Waals surface area contributed by atoms with Gasteiger partial charge in [-0.3, -0.25) is 0 Å². The third-order valence-corrected chi connectivity index (χ3v) is 8.17. The quantitative estimate of drug-likeness (QED) is 0.388. The van der Waals surface area contributed by atoms with Crippen molar-refractivity contribution in [3.63, 3.8) is 0 Å². The van der Waals surface area contributed by atoms with E-state index in [1.807, 2.05) is 1.51 Å². The Balaban J connectivity index is 0. The maximum absolute atomic E-state index is 10.2. The average molecular weight is 567 g/mol. The molecule has 0 spiro atoms. The molecule has 3 nitrogen and oxygen atoms in total. The van der Waals surface area contributed by atoms with Crippen LogP contribution in [-0.2, 0) is 12.4 Å². The van der Waals surface area contributed by atoms with Crippen molar-refractivity contribution in [2.24, 2.45) is 0 Å². The minimum absolute atomic E-state index is 1.01. The van der Waals surface area contributed by atoms with Crippen molar-refractivity contribution in [3.05, 3.63) is 0 Å². The van der Waals surface area contributed by atoms with Crippen molar-refractivity contribution in [1.29, 1.82) is 0 Å². The van der Waals surface area contributed by atoms with Crippen LogP contribution in [0.3, 0.4) is 0 Å². The Labute approximate surface area is 111 Å². The molecular formula is C2H4In4O3S. The molecule has 4 radical (unpaired) electrons. The summed E-state index contributed by atoms with van der Waals surface area (Å²) in [5.41, 5.74) is 0. The van der Waals surface area contributed by atoms with Gasteiger partial charge in [0.05, 0.1) is 0 Å². The molecule has 0 aromatic rings. The van der Waals surface area contributed by atoms with Gasteiger partial charge in [-0.25, -0.2) is 0 Å². The molecule has 0 N–H and O–H groups in total. The van der Waals surface area contributed by atoms with Gasteiger partial charge in [0.1, 0.15) is 0 Å². The summed E-state index contributed by atoms with van der Waals surface area (Å²) < 4.78 is 26.9. The molecule has 8 heteroatoms. The SMILES string of the molecule is CS(=O)(=O)[O][In][CH]=[In].[In]=[In]. The van der Waals surface area contributed by atoms with Crippen LogP contribution in [0.25, 0.3) is 0 Å². The first kappa shape index (κ1) is 15.7. The van der Waals surface area contributed by atoms with Gasteiger partial charge >= 0.3 is 114 Å². The van der Waals surface area contributed by atoms with Gasteiger partial charge in [-0.1, -0.05) is 0 Å². The average Bonchev–Trinajstić information content (AvgIpc) is 1.87. The Bertz CT molecular complexity index is 175. The zero-order valence-electron chi connectivity index (χ0n) is 5.52. The molecule has 0 bridgehead atoms. The van der Waals surface area contributed by atoms with Crippen LogP contribution in [0, 0.1) is 0 Å². The summed E-state index contributed by atoms with van der Waals surface area (Å²) in [7, 11) is -3.11. The first-order valence-electron chi connectivity index (χ1n) is 2.14. The van der Waals surface area contributed by atoms with Crippen molar-refractivity contribution in [2.75, 3.05) is 6.26 Å². The minimum atomic E-state index is -3.11. The molecule has 0 saturated carbocycles. The molecule has 0 aromatic carbocycles. The van der Waals surface area contributed by atoms with Crippen molar-refractivity contribution >= 4 is 97.0 Å². The molecule has 0 unspecified atom stereocenters. The zero-order valence-corrected chi connectivity index (χ0v) is 19.5. The van der Waals surface area contributed by atoms with Crippen LogP contribution >= 0.6 is 0 Å². The third-order valence-electron chi connectivity index (χ3n) is 0.309. The van der Waals surface area contributed by atoms with Crippen molar-refractivity contribution in [2.45, 2.75) is 0 Å². The van der Waals surface area contributed by atoms with E-state index in [1.165, 1.54) is 38.1 Å². The van der Waals surface area contributed by atoms with Crippen LogP contribution in [0.2, 0.25) is 0 Å². The number of hydrogen-bond acceptors (Lipinski definition) is 3. The van der Waals surface area contributed by atoms with Gasteiger partial charge in [0.15, 0.2) is 0 Å². The van der Waals surface area contributed by atoms with E-state index in [-0.39, 0.29) is 0 Å². The zero-order chi connectivity index (χ0) is 8.62. The first-order chi connectivity index (χ1) is 4.56. The molecule has 0 heterocycles. The Morgan fingerprint density at radius 1 is 1.50 bits per heavy atom. The van der Waals surface area contributed by atoms with E-state index in [4.69, 9.17) is 0 Å². The fourth-order valence-electron chi connectivity index (χ4n) is 0.133. The van der Waals surface area contributed by atoms with E-state index in [0.717, 1.165) is 30.1 Å². The summed E-state index contributed by atoms with van der Waals surface area (Å²) in [6.07, 6.45) is 1.09. The summed E-state index contributed by atoms with van der Waals surface area (Å²) in [6, 6.07) is 0. The molecule has 10 heavy (non-hydrogen) atoms. The van der Waals surface area contributed by atoms with E-state index in [1.54, 1.807) is 0 Å². The molecule has 0 aliphatic heterocycles. The van der Waals surface area contributed by atoms with Crippen LogP contribution in [0.5, 0.6) is 0 Å². The van der Waals surface area contributed by atoms with Crippen LogP contribution < -0.4 is 0 Å². The molecular weight excluding hydrogens is 563 g/mol. The Kier molecular flexibility index (Phi) is 16.3. The van der Waals surface area contributed by atoms with Gasteiger partial charge in [0, 0.05) is 0 Å². The second-order valence-corrected chi connectivity index (χ2v) is 13.6. The van der Waals surface area contributed by atoms with Gasteiger partial charge < -0.3 is 0 Å². The monoisotopic (exact) mass is 568 g/mol. The molecule has 0 amide bonds. The van der Waals surface area contributed by atoms with E-state index in [0.29, 0.717) is 0 Å².